The van der Waals surface area contributed by atoms with Gasteiger partial charge < -0.3 is 5.32 Å². The van der Waals surface area contributed by atoms with E-state index in [0.29, 0.717) is 29.6 Å². The van der Waals surface area contributed by atoms with Crippen molar-refractivity contribution in [1.29, 1.82) is 0 Å². The molecular formula is C16H19F2N5OS. The van der Waals surface area contributed by atoms with Crippen molar-refractivity contribution in [3.8, 4) is 0 Å². The molecule has 25 heavy (non-hydrogen) atoms. The summed E-state index contributed by atoms with van der Waals surface area (Å²) in [7, 11) is 0. The zero-order chi connectivity index (χ0) is 18.0. The SMILES string of the molecule is CC(=O)Nc1nc(F)c(CN2C[C@H](Cc3ncc(F)cn3)C[C@H]2C)s1. The van der Waals surface area contributed by atoms with E-state index in [1.807, 2.05) is 0 Å². The molecule has 0 bridgehead atoms. The van der Waals surface area contributed by atoms with Crippen molar-refractivity contribution in [1.82, 2.24) is 19.9 Å². The van der Waals surface area contributed by atoms with E-state index in [9.17, 15) is 13.6 Å². The number of nitrogens with one attached hydrogen (secondary N) is 1. The maximum Gasteiger partial charge on any atom is 0.230 e. The molecule has 1 amide bonds. The van der Waals surface area contributed by atoms with Crippen molar-refractivity contribution < 1.29 is 13.6 Å². The number of nitrogens with zero attached hydrogens (tertiary/aromatic N) is 4. The molecule has 9 heteroatoms. The van der Waals surface area contributed by atoms with E-state index in [1.165, 1.54) is 19.3 Å². The second kappa shape index (κ2) is 7.49. The molecule has 0 aliphatic carbocycles. The first-order chi connectivity index (χ1) is 11.9. The average molecular weight is 367 g/mol. The highest BCUT2D eigenvalue weighted by Gasteiger charge is 2.31. The van der Waals surface area contributed by atoms with Gasteiger partial charge in [-0.25, -0.2) is 14.4 Å². The molecule has 2 atom stereocenters. The van der Waals surface area contributed by atoms with Crippen LogP contribution in [0.25, 0.3) is 0 Å². The van der Waals surface area contributed by atoms with E-state index < -0.39 is 11.8 Å². The number of amides is 1. The maximum absolute atomic E-state index is 14.0. The second-order valence-corrected chi connectivity index (χ2v) is 7.40. The number of anilines is 1. The monoisotopic (exact) mass is 367 g/mol. The minimum absolute atomic E-state index is 0.269. The Morgan fingerprint density at radius 1 is 1.40 bits per heavy atom. The van der Waals surface area contributed by atoms with Gasteiger partial charge >= 0.3 is 0 Å². The number of thiazole rings is 1. The molecule has 0 aromatic carbocycles. The molecule has 0 unspecified atom stereocenters. The molecule has 3 rings (SSSR count). The van der Waals surface area contributed by atoms with Crippen LogP contribution < -0.4 is 5.32 Å². The molecule has 1 aliphatic rings. The molecule has 1 saturated heterocycles. The first kappa shape index (κ1) is 17.8. The van der Waals surface area contributed by atoms with Gasteiger partial charge in [-0.3, -0.25) is 9.69 Å². The predicted octanol–water partition coefficient (Wildman–Crippen LogP) is 2.62. The Balaban J connectivity index is 1.61. The minimum Gasteiger partial charge on any atom is -0.302 e. The van der Waals surface area contributed by atoms with Crippen LogP contribution in [-0.4, -0.2) is 38.3 Å². The van der Waals surface area contributed by atoms with E-state index in [2.05, 4.69) is 32.1 Å². The van der Waals surface area contributed by atoms with Crippen molar-refractivity contribution in [2.75, 3.05) is 11.9 Å². The topological polar surface area (TPSA) is 71.0 Å². The van der Waals surface area contributed by atoms with E-state index >= 15 is 0 Å². The summed E-state index contributed by atoms with van der Waals surface area (Å²) in [4.78, 5) is 25.5. The van der Waals surface area contributed by atoms with Gasteiger partial charge in [0.25, 0.3) is 0 Å². The summed E-state index contributed by atoms with van der Waals surface area (Å²) in [6.07, 6.45) is 3.96. The number of rotatable bonds is 5. The largest absolute Gasteiger partial charge is 0.302 e. The second-order valence-electron chi connectivity index (χ2n) is 6.32. The highest BCUT2D eigenvalue weighted by molar-refractivity contribution is 7.15. The molecule has 2 aromatic rings. The lowest BCUT2D eigenvalue weighted by Crippen LogP contribution is -2.26. The lowest BCUT2D eigenvalue weighted by atomic mass is 10.0. The number of carbonyl (C=O) groups is 1. The summed E-state index contributed by atoms with van der Waals surface area (Å²) >= 11 is 1.16. The summed E-state index contributed by atoms with van der Waals surface area (Å²) < 4.78 is 26.9. The number of carbonyl (C=O) groups excluding carboxylic acids is 1. The lowest BCUT2D eigenvalue weighted by Gasteiger charge is -2.19. The summed E-state index contributed by atoms with van der Waals surface area (Å²) in [6.45, 7) is 4.70. The number of hydrogen-bond donors (Lipinski definition) is 1. The molecule has 0 saturated carbocycles. The zero-order valence-electron chi connectivity index (χ0n) is 14.0. The van der Waals surface area contributed by atoms with Gasteiger partial charge in [0.1, 0.15) is 5.82 Å². The Hall–Kier alpha value is -2.00. The summed E-state index contributed by atoms with van der Waals surface area (Å²) in [6, 6.07) is 0.288. The zero-order valence-corrected chi connectivity index (χ0v) is 14.8. The third-order valence-electron chi connectivity index (χ3n) is 4.21. The van der Waals surface area contributed by atoms with Gasteiger partial charge in [-0.15, -0.1) is 0 Å². The number of halogens is 2. The normalized spacial score (nSPS) is 20.8. The fourth-order valence-corrected chi connectivity index (χ4v) is 4.02. The van der Waals surface area contributed by atoms with Gasteiger partial charge in [-0.05, 0) is 19.3 Å². The Morgan fingerprint density at radius 2 is 2.12 bits per heavy atom. The third kappa shape index (κ3) is 4.55. The van der Waals surface area contributed by atoms with Gasteiger partial charge in [-0.1, -0.05) is 11.3 Å². The minimum atomic E-state index is -0.536. The van der Waals surface area contributed by atoms with Crippen LogP contribution in [0.4, 0.5) is 13.9 Å². The molecule has 0 radical (unpaired) electrons. The van der Waals surface area contributed by atoms with Crippen molar-refractivity contribution in [2.45, 2.75) is 39.3 Å². The maximum atomic E-state index is 14.0. The Bertz CT molecular complexity index is 751. The van der Waals surface area contributed by atoms with Crippen molar-refractivity contribution >= 4 is 22.4 Å². The fraction of sp³-hybridized carbons (Fsp3) is 0.500. The summed E-state index contributed by atoms with van der Waals surface area (Å²) in [5, 5.41) is 2.79. The van der Waals surface area contributed by atoms with E-state index in [0.717, 1.165) is 24.3 Å². The van der Waals surface area contributed by atoms with Crippen LogP contribution in [0.3, 0.4) is 0 Å². The molecule has 1 N–H and O–H groups in total. The highest BCUT2D eigenvalue weighted by Crippen LogP contribution is 2.30. The van der Waals surface area contributed by atoms with Crippen LogP contribution in [0.5, 0.6) is 0 Å². The first-order valence-corrected chi connectivity index (χ1v) is 8.85. The number of likely N-dealkylation sites (tertiary alicyclic amines) is 1. The molecule has 1 aliphatic heterocycles. The van der Waals surface area contributed by atoms with Gasteiger partial charge in [0, 0.05) is 32.5 Å². The van der Waals surface area contributed by atoms with Crippen molar-refractivity contribution in [2.24, 2.45) is 5.92 Å². The highest BCUT2D eigenvalue weighted by atomic mass is 32.1. The van der Waals surface area contributed by atoms with Gasteiger partial charge in [0.15, 0.2) is 10.9 Å². The molecule has 134 valence electrons. The van der Waals surface area contributed by atoms with E-state index in [4.69, 9.17) is 0 Å². The van der Waals surface area contributed by atoms with Crippen LogP contribution in [0.2, 0.25) is 0 Å². The molecule has 6 nitrogen and oxygen atoms in total. The van der Waals surface area contributed by atoms with Gasteiger partial charge in [-0.2, -0.15) is 9.37 Å². The van der Waals surface area contributed by atoms with Crippen LogP contribution in [0, 0.1) is 17.7 Å². The molecular weight excluding hydrogens is 348 g/mol. The number of hydrogen-bond acceptors (Lipinski definition) is 6. The Kier molecular flexibility index (Phi) is 5.33. The van der Waals surface area contributed by atoms with Crippen LogP contribution in [0.1, 0.15) is 31.0 Å². The standard InChI is InChI=1S/C16H19F2N5OS/c1-9-3-11(4-14-19-5-12(17)6-20-14)7-23(9)8-13-15(18)22-16(25-13)21-10(2)24/h5-6,9,11H,3-4,7-8H2,1-2H3,(H,21,22,24)/t9-,11+/m1/s1. The third-order valence-corrected chi connectivity index (χ3v) is 5.15. The van der Waals surface area contributed by atoms with Crippen molar-refractivity contribution in [3.63, 3.8) is 0 Å². The average Bonchev–Trinajstić information content (AvgIpc) is 3.04. The quantitative estimate of drug-likeness (QED) is 0.880. The Morgan fingerprint density at radius 3 is 2.80 bits per heavy atom. The molecule has 1 fully saturated rings. The fourth-order valence-electron chi connectivity index (χ4n) is 3.11. The molecule has 0 spiro atoms. The predicted molar refractivity (Wildman–Crippen MR) is 90.0 cm³/mol. The van der Waals surface area contributed by atoms with Crippen LogP contribution in [-0.2, 0) is 17.8 Å². The summed E-state index contributed by atoms with van der Waals surface area (Å²) in [5.74, 6) is -0.287. The van der Waals surface area contributed by atoms with Crippen molar-refractivity contribution in [3.05, 3.63) is 34.9 Å². The molecule has 2 aromatic heterocycles. The van der Waals surface area contributed by atoms with Gasteiger partial charge in [0.2, 0.25) is 11.9 Å². The summed E-state index contributed by atoms with van der Waals surface area (Å²) in [5.41, 5.74) is 0. The van der Waals surface area contributed by atoms with Crippen LogP contribution in [0.15, 0.2) is 12.4 Å². The van der Waals surface area contributed by atoms with E-state index in [-0.39, 0.29) is 17.1 Å². The first-order valence-electron chi connectivity index (χ1n) is 8.04. The number of aromatic nitrogens is 3. The van der Waals surface area contributed by atoms with Gasteiger partial charge in [0.05, 0.1) is 17.3 Å². The lowest BCUT2D eigenvalue weighted by molar-refractivity contribution is -0.114. The van der Waals surface area contributed by atoms with E-state index in [1.54, 1.807) is 0 Å². The van der Waals surface area contributed by atoms with Crippen LogP contribution >= 0.6 is 11.3 Å². The smallest absolute Gasteiger partial charge is 0.230 e. The molecule has 3 heterocycles. The Labute approximate surface area is 148 Å².